The Kier molecular flexibility index (Phi) is 21.5. The molecule has 322 valence electrons. The van der Waals surface area contributed by atoms with Crippen molar-refractivity contribution >= 4 is 38.3 Å². The Labute approximate surface area is 345 Å². The van der Waals surface area contributed by atoms with E-state index in [1.165, 1.54) is 0 Å². The number of hydrogen-bond donors (Lipinski definition) is 2. The number of carbonyl (C=O) groups excluding carboxylic acids is 1. The van der Waals surface area contributed by atoms with Gasteiger partial charge in [-0.1, -0.05) is 129 Å². The minimum Gasteiger partial charge on any atom is -0.352 e. The molecular weight excluding hydrogens is 750 g/mol. The summed E-state index contributed by atoms with van der Waals surface area (Å²) >= 11 is 5.87. The predicted molar refractivity (Wildman–Crippen MR) is 235 cm³/mol. The molecule has 0 aliphatic rings. The van der Waals surface area contributed by atoms with Crippen LogP contribution in [0, 0.1) is 82.9 Å². The maximum Gasteiger partial charge on any atom is 0.267 e. The lowest BCUT2D eigenvalue weighted by molar-refractivity contribution is -0.0283. The van der Waals surface area contributed by atoms with Crippen LogP contribution in [0.1, 0.15) is 146 Å². The number of carbonyl (C=O) groups is 1. The fourth-order valence-corrected chi connectivity index (χ4v) is 12.0. The zero-order chi connectivity index (χ0) is 42.7. The highest BCUT2D eigenvalue weighted by molar-refractivity contribution is 7.86. The standard InChI is InChI=1S/C45H82ClNO6S2/c1-18-28(4)30(6)32(8)38(14)40(16)45(17,53-55(51,52)25-19-24-47-44(48)42-22-20-41(26-46)21-23-42)43(54(49)50)39(15)37(13)36(12)35(11)34(10)33(9)31(7)29(5)27(2)3/h20-23,27-40,43,54H,18-19,24-26H2,1-17H3,(H,47,48). The Bertz CT molecular complexity index is 1470. The van der Waals surface area contributed by atoms with Gasteiger partial charge in [-0.3, -0.25) is 8.98 Å². The van der Waals surface area contributed by atoms with Gasteiger partial charge in [-0.25, -0.2) is 8.42 Å². The van der Waals surface area contributed by atoms with Gasteiger partial charge in [0.15, 0.2) is 0 Å². The quantitative estimate of drug-likeness (QED) is 0.0440. The Hall–Kier alpha value is -1.16. The number of nitrogens with one attached hydrogen (secondary N) is 1. The van der Waals surface area contributed by atoms with Gasteiger partial charge in [0, 0.05) is 18.0 Å². The molecule has 0 aliphatic heterocycles. The molecule has 10 heteroatoms. The number of thiol groups is 1. The van der Waals surface area contributed by atoms with Gasteiger partial charge in [-0.15, -0.1) is 11.6 Å². The SMILES string of the molecule is CCC(C)C(C)C(C)C(C)C(C)C(C)(OS(=O)(=O)CCCNC(=O)c1ccc(CCl)cc1)C(C(C)C(C)C(C)C(C)C(C)C(C)C(C)C(C)C(C)C)[SH](=O)=O. The molecule has 15 unspecified atom stereocenters. The molecule has 0 saturated heterocycles. The summed E-state index contributed by atoms with van der Waals surface area (Å²) in [5.41, 5.74) is -0.171. The van der Waals surface area contributed by atoms with Gasteiger partial charge in [0.1, 0.15) is 16.3 Å². The van der Waals surface area contributed by atoms with Crippen LogP contribution in [0.3, 0.4) is 0 Å². The third-order valence-electron chi connectivity index (χ3n) is 15.6. The van der Waals surface area contributed by atoms with E-state index in [4.69, 9.17) is 15.8 Å². The van der Waals surface area contributed by atoms with Crippen molar-refractivity contribution in [1.29, 1.82) is 0 Å². The maximum atomic E-state index is 14.0. The summed E-state index contributed by atoms with van der Waals surface area (Å²) in [5, 5.41) is 1.75. The molecular formula is C45H82ClNO6S2. The first-order chi connectivity index (χ1) is 25.3. The van der Waals surface area contributed by atoms with E-state index in [0.717, 1.165) is 12.0 Å². The number of alkyl halides is 1. The summed E-state index contributed by atoms with van der Waals surface area (Å²) in [6, 6.07) is 6.94. The van der Waals surface area contributed by atoms with Crippen molar-refractivity contribution in [3.63, 3.8) is 0 Å². The van der Waals surface area contributed by atoms with Crippen LogP contribution in [0.2, 0.25) is 0 Å². The van der Waals surface area contributed by atoms with Gasteiger partial charge in [0.2, 0.25) is 0 Å². The van der Waals surface area contributed by atoms with Crippen molar-refractivity contribution in [3.05, 3.63) is 35.4 Å². The molecule has 15 atom stereocenters. The summed E-state index contributed by atoms with van der Waals surface area (Å²) < 4.78 is 61.5. The van der Waals surface area contributed by atoms with Crippen LogP contribution in [0.15, 0.2) is 24.3 Å². The molecule has 0 saturated carbocycles. The minimum atomic E-state index is -4.21. The highest BCUT2D eigenvalue weighted by atomic mass is 35.5. The highest BCUT2D eigenvalue weighted by Crippen LogP contribution is 2.46. The zero-order valence-electron chi connectivity index (χ0n) is 37.7. The summed E-state index contributed by atoms with van der Waals surface area (Å²) in [5.74, 6) is 2.96. The lowest BCUT2D eigenvalue weighted by atomic mass is 9.64. The first kappa shape index (κ1) is 51.9. The van der Waals surface area contributed by atoms with Gasteiger partial charge in [-0.2, -0.15) is 8.42 Å². The molecule has 1 N–H and O–H groups in total. The van der Waals surface area contributed by atoms with Crippen molar-refractivity contribution < 1.29 is 25.8 Å². The largest absolute Gasteiger partial charge is 0.352 e. The molecule has 0 fully saturated rings. The second-order valence-electron chi connectivity index (χ2n) is 18.6. The van der Waals surface area contributed by atoms with Crippen LogP contribution in [-0.2, 0) is 30.9 Å². The zero-order valence-corrected chi connectivity index (χ0v) is 40.2. The van der Waals surface area contributed by atoms with Gasteiger partial charge in [0.05, 0.1) is 11.0 Å². The Morgan fingerprint density at radius 3 is 1.56 bits per heavy atom. The first-order valence-corrected chi connectivity index (χ1v) is 24.7. The van der Waals surface area contributed by atoms with E-state index in [1.54, 1.807) is 31.2 Å². The first-order valence-electron chi connectivity index (χ1n) is 21.3. The van der Waals surface area contributed by atoms with E-state index < -0.39 is 37.6 Å². The average molecular weight is 833 g/mol. The Balaban J connectivity index is 3.49. The predicted octanol–water partition coefficient (Wildman–Crippen LogP) is 11.0. The number of rotatable bonds is 25. The van der Waals surface area contributed by atoms with Crippen LogP contribution >= 0.6 is 11.6 Å². The van der Waals surface area contributed by atoms with Crippen LogP contribution < -0.4 is 5.32 Å². The van der Waals surface area contributed by atoms with Gasteiger partial charge < -0.3 is 5.32 Å². The molecule has 0 bridgehead atoms. The Morgan fingerprint density at radius 2 is 1.15 bits per heavy atom. The van der Waals surface area contributed by atoms with Gasteiger partial charge in [0.25, 0.3) is 16.0 Å². The molecule has 1 aromatic rings. The number of benzene rings is 1. The summed E-state index contributed by atoms with van der Waals surface area (Å²) in [6.07, 6.45) is 1.14. The lowest BCUT2D eigenvalue weighted by Crippen LogP contribution is -2.56. The van der Waals surface area contributed by atoms with Crippen LogP contribution in [0.4, 0.5) is 0 Å². The van der Waals surface area contributed by atoms with Gasteiger partial charge >= 0.3 is 0 Å². The molecule has 0 aliphatic carbocycles. The number of amides is 1. The van der Waals surface area contributed by atoms with E-state index in [0.29, 0.717) is 58.8 Å². The molecule has 0 heterocycles. The van der Waals surface area contributed by atoms with E-state index in [2.05, 4.69) is 102 Å². The lowest BCUT2D eigenvalue weighted by Gasteiger charge is -2.48. The van der Waals surface area contributed by atoms with E-state index >= 15 is 0 Å². The van der Waals surface area contributed by atoms with Crippen molar-refractivity contribution in [2.24, 2.45) is 82.9 Å². The smallest absolute Gasteiger partial charge is 0.267 e. The van der Waals surface area contributed by atoms with Crippen molar-refractivity contribution in [3.8, 4) is 0 Å². The van der Waals surface area contributed by atoms with Crippen molar-refractivity contribution in [2.75, 3.05) is 12.3 Å². The molecule has 1 rings (SSSR count). The third kappa shape index (κ3) is 14.0. The van der Waals surface area contributed by atoms with E-state index in [-0.39, 0.29) is 54.2 Å². The number of halogens is 1. The summed E-state index contributed by atoms with van der Waals surface area (Å²) in [7, 11) is -7.30. The molecule has 55 heavy (non-hydrogen) atoms. The average Bonchev–Trinajstić information content (AvgIpc) is 3.15. The van der Waals surface area contributed by atoms with Crippen LogP contribution in [-0.4, -0.2) is 45.9 Å². The third-order valence-corrected chi connectivity index (χ3v) is 18.7. The monoisotopic (exact) mass is 832 g/mol. The fraction of sp³-hybridized carbons (Fsp3) is 0.844. The Morgan fingerprint density at radius 1 is 0.709 bits per heavy atom. The van der Waals surface area contributed by atoms with Crippen molar-refractivity contribution in [1.82, 2.24) is 5.32 Å². The second-order valence-corrected chi connectivity index (χ2v) is 21.7. The molecule has 7 nitrogen and oxygen atoms in total. The minimum absolute atomic E-state index is 0.0290. The molecule has 0 spiro atoms. The van der Waals surface area contributed by atoms with Crippen LogP contribution in [0.5, 0.6) is 0 Å². The second kappa shape index (κ2) is 22.8. The fourth-order valence-electron chi connectivity index (χ4n) is 9.04. The maximum absolute atomic E-state index is 14.0. The van der Waals surface area contributed by atoms with E-state index in [1.807, 2.05) is 13.8 Å². The summed E-state index contributed by atoms with van der Waals surface area (Å²) in [4.78, 5) is 12.7. The molecule has 0 radical (unpaired) electrons. The van der Waals surface area contributed by atoms with Crippen LogP contribution in [0.25, 0.3) is 0 Å². The molecule has 1 amide bonds. The normalized spacial score (nSPS) is 21.5. The summed E-state index contributed by atoms with van der Waals surface area (Å²) in [6.45, 7) is 37.4. The number of hydrogen-bond acceptors (Lipinski definition) is 6. The topological polar surface area (TPSA) is 107 Å². The van der Waals surface area contributed by atoms with Gasteiger partial charge in [-0.05, 0) is 114 Å². The molecule has 0 aromatic heterocycles. The molecule has 1 aromatic carbocycles. The highest BCUT2D eigenvalue weighted by Gasteiger charge is 2.52. The van der Waals surface area contributed by atoms with E-state index in [9.17, 15) is 21.6 Å². The van der Waals surface area contributed by atoms with Crippen molar-refractivity contribution in [2.45, 2.75) is 147 Å².